The number of carbonyl (C=O) groups excluding carboxylic acids is 1. The molecule has 0 spiro atoms. The van der Waals surface area contributed by atoms with Gasteiger partial charge >= 0.3 is 0 Å². The van der Waals surface area contributed by atoms with Gasteiger partial charge < -0.3 is 21.1 Å². The normalized spacial score (nSPS) is 17.2. The number of methoxy groups -OCH3 is 1. The molecule has 1 aliphatic heterocycles. The van der Waals surface area contributed by atoms with Gasteiger partial charge in [0.2, 0.25) is 10.0 Å². The molecule has 1 aromatic carbocycles. The molecule has 0 unspecified atom stereocenters. The van der Waals surface area contributed by atoms with Crippen LogP contribution in [0.4, 0.5) is 17.2 Å². The predicted octanol–water partition coefficient (Wildman–Crippen LogP) is 2.41. The van der Waals surface area contributed by atoms with Gasteiger partial charge in [0.15, 0.2) is 0 Å². The number of pyridine rings is 1. The molecule has 0 saturated carbocycles. The van der Waals surface area contributed by atoms with E-state index >= 15 is 0 Å². The van der Waals surface area contributed by atoms with Crippen LogP contribution in [0, 0.1) is 5.92 Å². The molecular formula is C21H29N5O4S. The average molecular weight is 448 g/mol. The third kappa shape index (κ3) is 5.86. The number of nitrogens with two attached hydrogens (primary N) is 1. The highest BCUT2D eigenvalue weighted by atomic mass is 32.2. The molecule has 2 heterocycles. The Morgan fingerprint density at radius 1 is 1.32 bits per heavy atom. The number of nitrogens with one attached hydrogen (secondary N) is 2. The Labute approximate surface area is 183 Å². The summed E-state index contributed by atoms with van der Waals surface area (Å²) in [5, 5.41) is 6.46. The summed E-state index contributed by atoms with van der Waals surface area (Å²) in [5.41, 5.74) is 7.18. The number of hydrogen-bond acceptors (Lipinski definition) is 7. The average Bonchev–Trinajstić information content (AvgIpc) is 2.78. The van der Waals surface area contributed by atoms with Gasteiger partial charge in [-0.05, 0) is 49.9 Å². The number of amides is 1. The zero-order chi connectivity index (χ0) is 22.4. The van der Waals surface area contributed by atoms with Crippen molar-refractivity contribution in [3.8, 4) is 5.75 Å². The van der Waals surface area contributed by atoms with E-state index in [0.717, 1.165) is 24.3 Å². The molecule has 4 N–H and O–H groups in total. The number of ether oxygens (including phenoxy) is 1. The second-order valence-electron chi connectivity index (χ2n) is 7.48. The Bertz CT molecular complexity index is 1010. The largest absolute Gasteiger partial charge is 0.497 e. The second-order valence-corrected chi connectivity index (χ2v) is 9.74. The van der Waals surface area contributed by atoms with E-state index in [4.69, 9.17) is 10.5 Å². The van der Waals surface area contributed by atoms with Crippen LogP contribution in [0.1, 0.15) is 30.1 Å². The fourth-order valence-electron chi connectivity index (χ4n) is 3.57. The van der Waals surface area contributed by atoms with Gasteiger partial charge in [0, 0.05) is 37.6 Å². The number of benzene rings is 1. The molecule has 168 valence electrons. The molecule has 0 bridgehead atoms. The molecular weight excluding hydrogens is 418 g/mol. The van der Waals surface area contributed by atoms with Crippen LogP contribution in [0.2, 0.25) is 0 Å². The maximum absolute atomic E-state index is 12.2. The predicted molar refractivity (Wildman–Crippen MR) is 121 cm³/mol. The van der Waals surface area contributed by atoms with Crippen molar-refractivity contribution < 1.29 is 17.9 Å². The van der Waals surface area contributed by atoms with Crippen molar-refractivity contribution in [3.63, 3.8) is 0 Å². The smallest absolute Gasteiger partial charge is 0.252 e. The first-order valence-corrected chi connectivity index (χ1v) is 11.9. The van der Waals surface area contributed by atoms with E-state index < -0.39 is 15.9 Å². The summed E-state index contributed by atoms with van der Waals surface area (Å²) in [6.07, 6.45) is 3.16. The summed E-state index contributed by atoms with van der Waals surface area (Å²) >= 11 is 0. The van der Waals surface area contributed by atoms with Crippen LogP contribution in [-0.4, -0.2) is 56.1 Å². The molecule has 3 rings (SSSR count). The van der Waals surface area contributed by atoms with Crippen molar-refractivity contribution in [2.45, 2.75) is 19.8 Å². The Hall–Kier alpha value is -2.85. The molecule has 0 aliphatic carbocycles. The first-order chi connectivity index (χ1) is 14.8. The van der Waals surface area contributed by atoms with Crippen molar-refractivity contribution in [2.24, 2.45) is 11.7 Å². The first kappa shape index (κ1) is 22.8. The van der Waals surface area contributed by atoms with Gasteiger partial charge in [0.1, 0.15) is 11.6 Å². The molecule has 1 fully saturated rings. The summed E-state index contributed by atoms with van der Waals surface area (Å²) in [5.74, 6) is 0.962. The standard InChI is InChI=1S/C21H29N5O4S/c1-3-31(28,29)26-10-4-5-15(14-26)12-23-19-11-20(24-13-18(19)21(22)27)25-16-6-8-17(30-2)9-7-16/h6-9,11,13,15H,3-5,10,12,14H2,1-2H3,(H2,22,27)(H2,23,24,25)/t15-/m1/s1. The number of piperidine rings is 1. The minimum atomic E-state index is -3.20. The van der Waals surface area contributed by atoms with Gasteiger partial charge in [-0.25, -0.2) is 17.7 Å². The lowest BCUT2D eigenvalue weighted by atomic mass is 9.99. The molecule has 1 aliphatic rings. The van der Waals surface area contributed by atoms with Gasteiger partial charge in [0.25, 0.3) is 5.91 Å². The van der Waals surface area contributed by atoms with E-state index in [9.17, 15) is 13.2 Å². The van der Waals surface area contributed by atoms with Crippen LogP contribution in [0.15, 0.2) is 36.5 Å². The molecule has 1 atom stereocenters. The van der Waals surface area contributed by atoms with Crippen LogP contribution in [0.25, 0.3) is 0 Å². The maximum atomic E-state index is 12.2. The van der Waals surface area contributed by atoms with E-state index in [2.05, 4.69) is 15.6 Å². The summed E-state index contributed by atoms with van der Waals surface area (Å²) < 4.78 is 31.1. The monoisotopic (exact) mass is 447 g/mol. The summed E-state index contributed by atoms with van der Waals surface area (Å²) in [7, 11) is -1.60. The molecule has 0 radical (unpaired) electrons. The third-order valence-corrected chi connectivity index (χ3v) is 7.20. The molecule has 1 aromatic heterocycles. The molecule has 2 aromatic rings. The van der Waals surface area contributed by atoms with Crippen molar-refractivity contribution in [1.29, 1.82) is 0 Å². The van der Waals surface area contributed by atoms with Gasteiger partial charge in [-0.2, -0.15) is 0 Å². The van der Waals surface area contributed by atoms with Gasteiger partial charge in [-0.1, -0.05) is 0 Å². The number of carbonyl (C=O) groups is 1. The zero-order valence-electron chi connectivity index (χ0n) is 17.8. The zero-order valence-corrected chi connectivity index (χ0v) is 18.6. The lowest BCUT2D eigenvalue weighted by Crippen LogP contribution is -2.42. The summed E-state index contributed by atoms with van der Waals surface area (Å²) in [6, 6.07) is 9.12. The molecule has 10 heteroatoms. The second kappa shape index (κ2) is 9.97. The Morgan fingerprint density at radius 3 is 2.71 bits per heavy atom. The van der Waals surface area contributed by atoms with E-state index in [1.54, 1.807) is 24.4 Å². The number of sulfonamides is 1. The van der Waals surface area contributed by atoms with Crippen molar-refractivity contribution in [2.75, 3.05) is 43.1 Å². The SMILES string of the molecule is CCS(=O)(=O)N1CCC[C@H](CNc2cc(Nc3ccc(OC)cc3)ncc2C(N)=O)C1. The van der Waals surface area contributed by atoms with Gasteiger partial charge in [-0.3, -0.25) is 4.79 Å². The Kier molecular flexibility index (Phi) is 7.34. The van der Waals surface area contributed by atoms with E-state index in [-0.39, 0.29) is 17.2 Å². The van der Waals surface area contributed by atoms with Gasteiger partial charge in [0.05, 0.1) is 24.1 Å². The number of primary amides is 1. The minimum Gasteiger partial charge on any atom is -0.497 e. The molecule has 1 amide bonds. The van der Waals surface area contributed by atoms with Crippen molar-refractivity contribution in [1.82, 2.24) is 9.29 Å². The number of anilines is 3. The Balaban J connectivity index is 1.71. The van der Waals surface area contributed by atoms with Crippen molar-refractivity contribution in [3.05, 3.63) is 42.1 Å². The lowest BCUT2D eigenvalue weighted by Gasteiger charge is -2.32. The fourth-order valence-corrected chi connectivity index (χ4v) is 4.78. The molecule has 9 nitrogen and oxygen atoms in total. The fraction of sp³-hybridized carbons (Fsp3) is 0.429. The Morgan fingerprint density at radius 2 is 2.06 bits per heavy atom. The minimum absolute atomic E-state index is 0.101. The first-order valence-electron chi connectivity index (χ1n) is 10.2. The van der Waals surface area contributed by atoms with Crippen LogP contribution in [-0.2, 0) is 10.0 Å². The number of rotatable bonds is 9. The molecule has 1 saturated heterocycles. The number of hydrogen-bond donors (Lipinski definition) is 3. The van der Waals surface area contributed by atoms with Crippen LogP contribution in [0.5, 0.6) is 5.75 Å². The highest BCUT2D eigenvalue weighted by molar-refractivity contribution is 7.89. The third-order valence-electron chi connectivity index (χ3n) is 5.35. The lowest BCUT2D eigenvalue weighted by molar-refractivity contribution is 0.100. The highest BCUT2D eigenvalue weighted by Gasteiger charge is 2.27. The number of aromatic nitrogens is 1. The number of nitrogens with zero attached hydrogens (tertiary/aromatic N) is 2. The summed E-state index contributed by atoms with van der Waals surface area (Å²) in [6.45, 7) is 3.22. The summed E-state index contributed by atoms with van der Waals surface area (Å²) in [4.78, 5) is 16.1. The van der Waals surface area contributed by atoms with Gasteiger partial charge in [-0.15, -0.1) is 0 Å². The van der Waals surface area contributed by atoms with Crippen molar-refractivity contribution >= 4 is 33.1 Å². The maximum Gasteiger partial charge on any atom is 0.252 e. The van der Waals surface area contributed by atoms with Crippen LogP contribution >= 0.6 is 0 Å². The van der Waals surface area contributed by atoms with E-state index in [0.29, 0.717) is 31.1 Å². The van der Waals surface area contributed by atoms with Crippen LogP contribution < -0.4 is 21.1 Å². The van der Waals surface area contributed by atoms with Crippen LogP contribution in [0.3, 0.4) is 0 Å². The molecule has 31 heavy (non-hydrogen) atoms. The highest BCUT2D eigenvalue weighted by Crippen LogP contribution is 2.25. The topological polar surface area (TPSA) is 127 Å². The quantitative estimate of drug-likeness (QED) is 0.539. The van der Waals surface area contributed by atoms with E-state index in [1.165, 1.54) is 6.20 Å². The van der Waals surface area contributed by atoms with E-state index in [1.807, 2.05) is 24.3 Å².